The van der Waals surface area contributed by atoms with Crippen molar-refractivity contribution in [1.82, 2.24) is 19.5 Å². The van der Waals surface area contributed by atoms with Crippen LogP contribution in [0.25, 0.3) is 0 Å². The maximum Gasteiger partial charge on any atom is 0.134 e. The molecule has 2 aromatic rings. The molecule has 25 heavy (non-hydrogen) atoms. The lowest BCUT2D eigenvalue weighted by molar-refractivity contribution is 0.444. The minimum atomic E-state index is 0.510. The summed E-state index contributed by atoms with van der Waals surface area (Å²) in [5, 5.41) is 3.48. The minimum Gasteiger partial charge on any atom is -0.367 e. The summed E-state index contributed by atoms with van der Waals surface area (Å²) < 4.78 is 2.48. The number of aryl methyl sites for hydroxylation is 1. The van der Waals surface area contributed by atoms with E-state index in [1.807, 2.05) is 0 Å². The fourth-order valence-corrected chi connectivity index (χ4v) is 4.22. The van der Waals surface area contributed by atoms with Crippen molar-refractivity contribution < 1.29 is 0 Å². The van der Waals surface area contributed by atoms with E-state index in [1.165, 1.54) is 56.5 Å². The summed E-state index contributed by atoms with van der Waals surface area (Å²) in [5.74, 6) is 3.82. The second-order valence-corrected chi connectivity index (χ2v) is 7.68. The maximum atomic E-state index is 4.81. The Balaban J connectivity index is 1.35. The molecule has 2 fully saturated rings. The van der Waals surface area contributed by atoms with Crippen LogP contribution >= 0.6 is 0 Å². The Hall–Kier alpha value is -2.11. The zero-order valence-electron chi connectivity index (χ0n) is 14.7. The highest BCUT2D eigenvalue weighted by molar-refractivity contribution is 5.50. The smallest absolute Gasteiger partial charge is 0.134 e. The van der Waals surface area contributed by atoms with Gasteiger partial charge in [0.1, 0.15) is 23.8 Å². The largest absolute Gasteiger partial charge is 0.367 e. The van der Waals surface area contributed by atoms with Gasteiger partial charge < -0.3 is 14.8 Å². The van der Waals surface area contributed by atoms with Crippen LogP contribution in [0.5, 0.6) is 0 Å². The molecule has 0 bridgehead atoms. The van der Waals surface area contributed by atoms with Crippen molar-refractivity contribution in [3.8, 4) is 0 Å². The van der Waals surface area contributed by atoms with Crippen LogP contribution in [0.2, 0.25) is 0 Å². The predicted octanol–water partition coefficient (Wildman–Crippen LogP) is 2.97. The molecule has 0 unspecified atom stereocenters. The lowest BCUT2D eigenvalue weighted by atomic mass is 9.96. The van der Waals surface area contributed by atoms with Gasteiger partial charge >= 0.3 is 0 Å². The Morgan fingerprint density at radius 3 is 2.88 bits per heavy atom. The Morgan fingerprint density at radius 1 is 1.00 bits per heavy atom. The van der Waals surface area contributed by atoms with Crippen LogP contribution < -0.4 is 10.2 Å². The fraction of sp³-hybridized carbons (Fsp3) is 0.632. The van der Waals surface area contributed by atoms with Crippen molar-refractivity contribution in [1.29, 1.82) is 0 Å². The van der Waals surface area contributed by atoms with Crippen molar-refractivity contribution in [2.24, 2.45) is 0 Å². The normalized spacial score (nSPS) is 23.4. The first-order chi connectivity index (χ1) is 12.4. The van der Waals surface area contributed by atoms with Gasteiger partial charge in [-0.25, -0.2) is 15.0 Å². The topological polar surface area (TPSA) is 58.9 Å². The van der Waals surface area contributed by atoms with Crippen LogP contribution in [0.1, 0.15) is 56.0 Å². The molecule has 132 valence electrons. The predicted molar refractivity (Wildman–Crippen MR) is 98.0 cm³/mol. The number of nitrogens with zero attached hydrogens (tertiary/aromatic N) is 5. The molecule has 1 N–H and O–H groups in total. The second-order valence-electron chi connectivity index (χ2n) is 7.68. The summed E-state index contributed by atoms with van der Waals surface area (Å²) in [7, 11) is 0. The van der Waals surface area contributed by atoms with E-state index in [0.29, 0.717) is 12.0 Å². The maximum absolute atomic E-state index is 4.81. The van der Waals surface area contributed by atoms with Crippen LogP contribution in [0.3, 0.4) is 0 Å². The van der Waals surface area contributed by atoms with E-state index < -0.39 is 0 Å². The number of fused-ring (bicyclic) bond motifs is 1. The molecule has 2 aliphatic heterocycles. The van der Waals surface area contributed by atoms with Gasteiger partial charge in [0.25, 0.3) is 0 Å². The van der Waals surface area contributed by atoms with Gasteiger partial charge in [0.15, 0.2) is 0 Å². The first-order valence-electron chi connectivity index (χ1n) is 9.74. The van der Waals surface area contributed by atoms with E-state index >= 15 is 0 Å². The lowest BCUT2D eigenvalue weighted by Crippen LogP contribution is -2.36. The number of hydrogen-bond acceptors (Lipinski definition) is 5. The van der Waals surface area contributed by atoms with E-state index in [-0.39, 0.29) is 0 Å². The van der Waals surface area contributed by atoms with E-state index in [0.717, 1.165) is 31.3 Å². The van der Waals surface area contributed by atoms with Crippen molar-refractivity contribution in [3.05, 3.63) is 30.1 Å². The van der Waals surface area contributed by atoms with Crippen molar-refractivity contribution in [2.45, 2.75) is 63.5 Å². The van der Waals surface area contributed by atoms with Crippen molar-refractivity contribution in [2.75, 3.05) is 23.3 Å². The van der Waals surface area contributed by atoms with Crippen LogP contribution in [-0.2, 0) is 13.0 Å². The quantitative estimate of drug-likeness (QED) is 0.929. The first kappa shape index (κ1) is 15.2. The number of imidazole rings is 1. The molecule has 1 saturated carbocycles. The molecule has 0 radical (unpaired) electrons. The number of piperidine rings is 1. The van der Waals surface area contributed by atoms with Crippen molar-refractivity contribution >= 4 is 11.6 Å². The zero-order chi connectivity index (χ0) is 16.6. The summed E-state index contributed by atoms with van der Waals surface area (Å²) in [5.41, 5.74) is 1.43. The van der Waals surface area contributed by atoms with Gasteiger partial charge in [-0.2, -0.15) is 0 Å². The van der Waals surface area contributed by atoms with Gasteiger partial charge in [0, 0.05) is 49.6 Å². The Kier molecular flexibility index (Phi) is 3.83. The molecular formula is C19H26N6. The Bertz CT molecular complexity index is 750. The molecule has 0 spiro atoms. The number of hydrogen-bond donors (Lipinski definition) is 1. The third-order valence-corrected chi connectivity index (χ3v) is 5.73. The van der Waals surface area contributed by atoms with Gasteiger partial charge in [-0.05, 0) is 44.9 Å². The number of rotatable bonds is 4. The molecule has 0 aromatic carbocycles. The summed E-state index contributed by atoms with van der Waals surface area (Å²) in [4.78, 5) is 16.1. The summed E-state index contributed by atoms with van der Waals surface area (Å²) >= 11 is 0. The van der Waals surface area contributed by atoms with E-state index in [4.69, 9.17) is 4.98 Å². The number of nitrogens with one attached hydrogen (secondary N) is 1. The molecule has 2 aromatic heterocycles. The third kappa shape index (κ3) is 3.10. The fourth-order valence-electron chi connectivity index (χ4n) is 4.22. The molecule has 0 amide bonds. The van der Waals surface area contributed by atoms with Crippen LogP contribution in [-0.4, -0.2) is 38.7 Å². The van der Waals surface area contributed by atoms with Crippen molar-refractivity contribution in [3.63, 3.8) is 0 Å². The van der Waals surface area contributed by atoms with E-state index in [1.54, 1.807) is 6.33 Å². The van der Waals surface area contributed by atoms with E-state index in [9.17, 15) is 0 Å². The SMILES string of the molecule is c1nc(NC2CC2)cc(N2CCC[C@@H](c3ncc4n3CCCC4)C2)n1. The minimum absolute atomic E-state index is 0.510. The van der Waals surface area contributed by atoms with Crippen LogP contribution in [0.15, 0.2) is 18.6 Å². The lowest BCUT2D eigenvalue weighted by Gasteiger charge is -2.34. The first-order valence-corrected chi connectivity index (χ1v) is 9.74. The molecule has 4 heterocycles. The molecule has 1 aliphatic carbocycles. The van der Waals surface area contributed by atoms with Crippen LogP contribution in [0.4, 0.5) is 11.6 Å². The average Bonchev–Trinajstić information content (AvgIpc) is 3.37. The molecule has 6 heteroatoms. The summed E-state index contributed by atoms with van der Waals surface area (Å²) in [6.07, 6.45) is 12.5. The molecular weight excluding hydrogens is 312 g/mol. The molecule has 1 atom stereocenters. The van der Waals surface area contributed by atoms with Gasteiger partial charge in [0.05, 0.1) is 0 Å². The highest BCUT2D eigenvalue weighted by Crippen LogP contribution is 2.31. The standard InChI is InChI=1S/C19H26N6/c1-2-9-25-16(5-1)11-20-19(25)14-4-3-8-24(12-14)18-10-17(21-13-22-18)23-15-6-7-15/h10-11,13-15H,1-9,12H2,(H,21,22,23)/t14-/m1/s1. The molecule has 1 saturated heterocycles. The molecule has 3 aliphatic rings. The summed E-state index contributed by atoms with van der Waals surface area (Å²) in [6, 6.07) is 2.73. The second kappa shape index (κ2) is 6.32. The average molecular weight is 338 g/mol. The highest BCUT2D eigenvalue weighted by atomic mass is 15.2. The van der Waals surface area contributed by atoms with Crippen LogP contribution in [0, 0.1) is 0 Å². The van der Waals surface area contributed by atoms with Gasteiger partial charge in [-0.15, -0.1) is 0 Å². The Morgan fingerprint density at radius 2 is 1.96 bits per heavy atom. The highest BCUT2D eigenvalue weighted by Gasteiger charge is 2.28. The molecule has 6 nitrogen and oxygen atoms in total. The number of aromatic nitrogens is 4. The number of anilines is 2. The van der Waals surface area contributed by atoms with Gasteiger partial charge in [-0.3, -0.25) is 0 Å². The Labute approximate surface area is 148 Å². The monoisotopic (exact) mass is 338 g/mol. The molecule has 5 rings (SSSR count). The van der Waals surface area contributed by atoms with Gasteiger partial charge in [-0.1, -0.05) is 0 Å². The summed E-state index contributed by atoms with van der Waals surface area (Å²) in [6.45, 7) is 3.23. The third-order valence-electron chi connectivity index (χ3n) is 5.73. The zero-order valence-corrected chi connectivity index (χ0v) is 14.7. The van der Waals surface area contributed by atoms with Gasteiger partial charge in [0.2, 0.25) is 0 Å². The van der Waals surface area contributed by atoms with E-state index in [2.05, 4.69) is 37.0 Å².